The largest absolute Gasteiger partial charge is 0.418 e. The summed E-state index contributed by atoms with van der Waals surface area (Å²) < 4.78 is 43.8. The van der Waals surface area contributed by atoms with Gasteiger partial charge in [0.15, 0.2) is 16.8 Å². The third-order valence-corrected chi connectivity index (χ3v) is 6.75. The van der Waals surface area contributed by atoms with Gasteiger partial charge < -0.3 is 0 Å². The molecule has 3 aromatic carbocycles. The number of hydrogen-bond acceptors (Lipinski definition) is 4. The van der Waals surface area contributed by atoms with Crippen molar-refractivity contribution in [1.29, 1.82) is 0 Å². The summed E-state index contributed by atoms with van der Waals surface area (Å²) in [5, 5.41) is 8.26. The van der Waals surface area contributed by atoms with Crippen molar-refractivity contribution in [3.8, 4) is 17.1 Å². The van der Waals surface area contributed by atoms with Crippen molar-refractivity contribution in [2.45, 2.75) is 23.5 Å². The summed E-state index contributed by atoms with van der Waals surface area (Å²) in [6, 6.07) is 18.7. The predicted octanol–water partition coefficient (Wildman–Crippen LogP) is 7.73. The van der Waals surface area contributed by atoms with Gasteiger partial charge in [0.1, 0.15) is 0 Å². The quantitative estimate of drug-likeness (QED) is 0.177. The maximum Gasteiger partial charge on any atom is 0.418 e. The first-order valence-corrected chi connectivity index (χ1v) is 12.0. The zero-order chi connectivity index (χ0) is 24.5. The smallest absolute Gasteiger partial charge is 0.293 e. The fraction of sp³-hybridized carbons (Fsp3) is 0.125. The molecule has 0 aliphatic rings. The summed E-state index contributed by atoms with van der Waals surface area (Å²) in [7, 11) is 0. The molecule has 0 saturated heterocycles. The Kier molecular flexibility index (Phi) is 7.16. The van der Waals surface area contributed by atoms with Crippen LogP contribution in [-0.4, -0.2) is 25.8 Å². The van der Waals surface area contributed by atoms with E-state index in [1.165, 1.54) is 22.8 Å². The van der Waals surface area contributed by atoms with Gasteiger partial charge in [-0.25, -0.2) is 0 Å². The van der Waals surface area contributed by atoms with Gasteiger partial charge in [-0.1, -0.05) is 75.7 Å². The molecule has 34 heavy (non-hydrogen) atoms. The van der Waals surface area contributed by atoms with Crippen LogP contribution < -0.4 is 0 Å². The van der Waals surface area contributed by atoms with Crippen LogP contribution in [0, 0.1) is 0 Å². The molecule has 4 aromatic rings. The van der Waals surface area contributed by atoms with Crippen LogP contribution in [0.1, 0.15) is 22.8 Å². The first kappa shape index (κ1) is 24.5. The fourth-order valence-electron chi connectivity index (χ4n) is 3.35. The number of para-hydroxylation sites is 1. The molecule has 0 N–H and O–H groups in total. The second-order valence-electron chi connectivity index (χ2n) is 7.30. The second-order valence-corrected chi connectivity index (χ2v) is 9.96. The molecule has 1 unspecified atom stereocenters. The van der Waals surface area contributed by atoms with E-state index in [1.54, 1.807) is 55.5 Å². The lowest BCUT2D eigenvalue weighted by Crippen LogP contribution is -2.16. The number of Topliss-reactive ketones (excluding diaryl/α,β-unsaturated/α-hetero) is 1. The van der Waals surface area contributed by atoms with Crippen molar-refractivity contribution >= 4 is 45.1 Å². The Morgan fingerprint density at radius 1 is 1.03 bits per heavy atom. The zero-order valence-electron chi connectivity index (χ0n) is 17.6. The molecule has 1 heterocycles. The van der Waals surface area contributed by atoms with Crippen molar-refractivity contribution in [3.05, 3.63) is 93.4 Å². The Labute approximate surface area is 211 Å². The zero-order valence-corrected chi connectivity index (χ0v) is 20.7. The average Bonchev–Trinajstić information content (AvgIpc) is 3.22. The maximum atomic E-state index is 13.9. The summed E-state index contributed by atoms with van der Waals surface area (Å²) in [4.78, 5) is 13.0. The third-order valence-electron chi connectivity index (χ3n) is 4.95. The van der Waals surface area contributed by atoms with Crippen molar-refractivity contribution < 1.29 is 18.0 Å². The standard InChI is InChI=1S/C24H16BrClF3N3OS/c1-14(21(33)15-9-11-17(25)12-10-15)34-23-31-30-22(16-5-4-6-18(26)13-16)32(23)20-8-3-2-7-19(20)24(27,28)29/h2-14H,1H3. The van der Waals surface area contributed by atoms with Gasteiger partial charge in [0.2, 0.25) is 0 Å². The highest BCUT2D eigenvalue weighted by atomic mass is 79.9. The van der Waals surface area contributed by atoms with E-state index < -0.39 is 17.0 Å². The molecule has 4 rings (SSSR count). The second kappa shape index (κ2) is 9.93. The van der Waals surface area contributed by atoms with Crippen LogP contribution in [0.5, 0.6) is 0 Å². The van der Waals surface area contributed by atoms with Crippen molar-refractivity contribution in [2.24, 2.45) is 0 Å². The minimum atomic E-state index is -4.60. The van der Waals surface area contributed by atoms with Crippen molar-refractivity contribution in [3.63, 3.8) is 0 Å². The third kappa shape index (κ3) is 5.21. The molecule has 0 aliphatic carbocycles. The lowest BCUT2D eigenvalue weighted by molar-refractivity contribution is -0.137. The number of rotatable bonds is 6. The molecule has 0 saturated carbocycles. The van der Waals surface area contributed by atoms with E-state index in [-0.39, 0.29) is 22.5 Å². The van der Waals surface area contributed by atoms with Gasteiger partial charge in [-0.15, -0.1) is 10.2 Å². The molecule has 4 nitrogen and oxygen atoms in total. The summed E-state index contributed by atoms with van der Waals surface area (Å²) >= 11 is 10.5. The van der Waals surface area contributed by atoms with E-state index in [0.29, 0.717) is 16.1 Å². The lowest BCUT2D eigenvalue weighted by atomic mass is 10.1. The van der Waals surface area contributed by atoms with Crippen LogP contribution in [-0.2, 0) is 6.18 Å². The molecule has 174 valence electrons. The summed E-state index contributed by atoms with van der Waals surface area (Å²) in [6.45, 7) is 1.68. The molecule has 0 amide bonds. The number of aromatic nitrogens is 3. The Morgan fingerprint density at radius 2 is 1.74 bits per heavy atom. The monoisotopic (exact) mass is 565 g/mol. The number of nitrogens with zero attached hydrogens (tertiary/aromatic N) is 3. The molecule has 1 aromatic heterocycles. The van der Waals surface area contributed by atoms with E-state index in [2.05, 4.69) is 26.1 Å². The van der Waals surface area contributed by atoms with Crippen LogP contribution in [0.25, 0.3) is 17.1 Å². The van der Waals surface area contributed by atoms with Gasteiger partial charge in [-0.2, -0.15) is 13.2 Å². The molecular formula is C24H16BrClF3N3OS. The Morgan fingerprint density at radius 3 is 2.41 bits per heavy atom. The molecule has 0 fully saturated rings. The highest BCUT2D eigenvalue weighted by Crippen LogP contribution is 2.38. The summed E-state index contributed by atoms with van der Waals surface area (Å²) in [5.74, 6) is 0.00505. The molecule has 0 spiro atoms. The normalized spacial score (nSPS) is 12.5. The number of ketones is 1. The molecule has 0 aliphatic heterocycles. The molecule has 0 bridgehead atoms. The van der Waals surface area contributed by atoms with Gasteiger partial charge in [-0.05, 0) is 43.3 Å². The van der Waals surface area contributed by atoms with Crippen molar-refractivity contribution in [1.82, 2.24) is 14.8 Å². The molecule has 0 radical (unpaired) electrons. The number of carbonyl (C=O) groups excluding carboxylic acids is 1. The minimum absolute atomic E-state index is 0.138. The van der Waals surface area contributed by atoms with Gasteiger partial charge >= 0.3 is 6.18 Å². The average molecular weight is 567 g/mol. The fourth-order valence-corrected chi connectivity index (χ4v) is 4.74. The number of carbonyl (C=O) groups is 1. The van der Waals surface area contributed by atoms with E-state index in [1.807, 2.05) is 0 Å². The summed E-state index contributed by atoms with van der Waals surface area (Å²) in [5.41, 5.74) is 0.00308. The van der Waals surface area contributed by atoms with Crippen LogP contribution in [0.3, 0.4) is 0 Å². The minimum Gasteiger partial charge on any atom is -0.293 e. The van der Waals surface area contributed by atoms with Gasteiger partial charge in [0, 0.05) is 20.6 Å². The van der Waals surface area contributed by atoms with Crippen LogP contribution >= 0.6 is 39.3 Å². The van der Waals surface area contributed by atoms with Crippen molar-refractivity contribution in [2.75, 3.05) is 0 Å². The van der Waals surface area contributed by atoms with Crippen LogP contribution in [0.15, 0.2) is 82.4 Å². The van der Waals surface area contributed by atoms with Crippen LogP contribution in [0.2, 0.25) is 5.02 Å². The highest BCUT2D eigenvalue weighted by Gasteiger charge is 2.35. The number of benzene rings is 3. The van der Waals surface area contributed by atoms with Gasteiger partial charge in [0.05, 0.1) is 16.5 Å². The maximum absolute atomic E-state index is 13.9. The van der Waals surface area contributed by atoms with E-state index in [4.69, 9.17) is 11.6 Å². The number of halogens is 5. The Balaban J connectivity index is 1.82. The molecule has 10 heteroatoms. The number of hydrogen-bond donors (Lipinski definition) is 0. The van der Waals surface area contributed by atoms with Crippen LogP contribution in [0.4, 0.5) is 13.2 Å². The predicted molar refractivity (Wildman–Crippen MR) is 131 cm³/mol. The molecular weight excluding hydrogens is 551 g/mol. The molecule has 1 atom stereocenters. The Bertz CT molecular complexity index is 1340. The lowest BCUT2D eigenvalue weighted by Gasteiger charge is -2.17. The number of alkyl halides is 3. The van der Waals surface area contributed by atoms with E-state index >= 15 is 0 Å². The first-order valence-electron chi connectivity index (χ1n) is 9.99. The van der Waals surface area contributed by atoms with E-state index in [9.17, 15) is 18.0 Å². The van der Waals surface area contributed by atoms with E-state index in [0.717, 1.165) is 22.3 Å². The number of thioether (sulfide) groups is 1. The van der Waals surface area contributed by atoms with Gasteiger partial charge in [-0.3, -0.25) is 9.36 Å². The SMILES string of the molecule is CC(Sc1nnc(-c2cccc(Cl)c2)n1-c1ccccc1C(F)(F)F)C(=O)c1ccc(Br)cc1. The first-order chi connectivity index (χ1) is 16.1. The summed E-state index contributed by atoms with van der Waals surface area (Å²) in [6.07, 6.45) is -4.60. The highest BCUT2D eigenvalue weighted by molar-refractivity contribution is 9.10. The topological polar surface area (TPSA) is 47.8 Å². The Hall–Kier alpha value is -2.62. The van der Waals surface area contributed by atoms with Gasteiger partial charge in [0.25, 0.3) is 0 Å².